The molecule has 1 N–H and O–H groups in total. The summed E-state index contributed by atoms with van der Waals surface area (Å²) in [5.41, 5.74) is 0.743. The highest BCUT2D eigenvalue weighted by Crippen LogP contribution is 2.24. The molecule has 20 heavy (non-hydrogen) atoms. The fourth-order valence-electron chi connectivity index (χ4n) is 2.37. The molecule has 1 amide bonds. The van der Waals surface area contributed by atoms with Gasteiger partial charge >= 0.3 is 0 Å². The number of halogens is 3. The summed E-state index contributed by atoms with van der Waals surface area (Å²) in [6.07, 6.45) is -1.05. The van der Waals surface area contributed by atoms with Crippen molar-refractivity contribution in [2.45, 2.75) is 19.3 Å². The summed E-state index contributed by atoms with van der Waals surface area (Å²) in [5, 5.41) is 2.88. The first-order valence-electron chi connectivity index (χ1n) is 6.62. The summed E-state index contributed by atoms with van der Waals surface area (Å²) < 4.78 is 25.4. The second kappa shape index (κ2) is 7.13. The van der Waals surface area contributed by atoms with Crippen LogP contribution in [0.2, 0.25) is 0 Å². The first kappa shape index (κ1) is 15.4. The molecule has 1 saturated heterocycles. The minimum atomic E-state index is -2.30. The van der Waals surface area contributed by atoms with E-state index in [1.165, 1.54) is 0 Å². The second-order valence-corrected chi connectivity index (χ2v) is 5.79. The number of alkyl halides is 2. The van der Waals surface area contributed by atoms with Gasteiger partial charge in [0.1, 0.15) is 0 Å². The molecule has 0 radical (unpaired) electrons. The molecule has 1 aliphatic heterocycles. The lowest BCUT2D eigenvalue weighted by atomic mass is 9.96. The van der Waals surface area contributed by atoms with Gasteiger partial charge in [0.25, 0.3) is 6.43 Å². The Morgan fingerprint density at radius 3 is 2.60 bits per heavy atom. The van der Waals surface area contributed by atoms with Gasteiger partial charge in [-0.05, 0) is 54.0 Å². The van der Waals surface area contributed by atoms with E-state index in [-0.39, 0.29) is 18.4 Å². The van der Waals surface area contributed by atoms with E-state index >= 15 is 0 Å². The zero-order valence-corrected chi connectivity index (χ0v) is 12.6. The van der Waals surface area contributed by atoms with Gasteiger partial charge in [-0.2, -0.15) is 0 Å². The third-order valence-electron chi connectivity index (χ3n) is 3.49. The van der Waals surface area contributed by atoms with Crippen molar-refractivity contribution < 1.29 is 13.6 Å². The number of benzene rings is 1. The molecule has 2 rings (SSSR count). The van der Waals surface area contributed by atoms with Crippen LogP contribution in [0.3, 0.4) is 0 Å². The third-order valence-corrected chi connectivity index (χ3v) is 4.18. The van der Waals surface area contributed by atoms with Gasteiger partial charge in [0.15, 0.2) is 0 Å². The maximum Gasteiger partial charge on any atom is 0.251 e. The highest BCUT2D eigenvalue weighted by Gasteiger charge is 2.26. The predicted octanol–water partition coefficient (Wildman–Crippen LogP) is 3.36. The molecule has 0 unspecified atom stereocenters. The van der Waals surface area contributed by atoms with Crippen LogP contribution in [0.25, 0.3) is 0 Å². The minimum absolute atomic E-state index is 0.0337. The van der Waals surface area contributed by atoms with Crippen LogP contribution in [-0.4, -0.2) is 36.9 Å². The molecule has 1 aromatic rings. The second-order valence-electron chi connectivity index (χ2n) is 4.94. The highest BCUT2D eigenvalue weighted by atomic mass is 79.9. The van der Waals surface area contributed by atoms with Crippen molar-refractivity contribution in [1.82, 2.24) is 4.90 Å². The van der Waals surface area contributed by atoms with Crippen molar-refractivity contribution in [3.63, 3.8) is 0 Å². The van der Waals surface area contributed by atoms with Crippen LogP contribution >= 0.6 is 15.9 Å². The van der Waals surface area contributed by atoms with E-state index in [1.807, 2.05) is 24.3 Å². The van der Waals surface area contributed by atoms with Crippen LogP contribution in [0.1, 0.15) is 12.8 Å². The molecular weight excluding hydrogens is 330 g/mol. The van der Waals surface area contributed by atoms with Gasteiger partial charge in [0, 0.05) is 10.4 Å². The number of rotatable bonds is 4. The molecule has 1 aromatic carbocycles. The number of carbonyl (C=O) groups excluding carboxylic acids is 1. The van der Waals surface area contributed by atoms with Gasteiger partial charge in [-0.3, -0.25) is 9.69 Å². The van der Waals surface area contributed by atoms with Gasteiger partial charge in [-0.25, -0.2) is 8.78 Å². The third kappa shape index (κ3) is 4.24. The molecular formula is C14H17BrF2N2O. The van der Waals surface area contributed by atoms with Gasteiger partial charge < -0.3 is 5.32 Å². The summed E-state index contributed by atoms with van der Waals surface area (Å²) in [5.74, 6) is -0.135. The largest absolute Gasteiger partial charge is 0.325 e. The number of nitrogens with one attached hydrogen (secondary N) is 1. The normalized spacial score (nSPS) is 17.4. The molecule has 0 aliphatic carbocycles. The van der Waals surface area contributed by atoms with E-state index < -0.39 is 6.43 Å². The number of carbonyl (C=O) groups is 1. The summed E-state index contributed by atoms with van der Waals surface area (Å²) >= 11 is 3.38. The van der Waals surface area contributed by atoms with Crippen molar-refractivity contribution in [2.24, 2.45) is 5.92 Å². The summed E-state index contributed by atoms with van der Waals surface area (Å²) in [4.78, 5) is 13.9. The van der Waals surface area contributed by atoms with Gasteiger partial charge in [0.05, 0.1) is 12.2 Å². The number of amides is 1. The average molecular weight is 347 g/mol. The topological polar surface area (TPSA) is 32.3 Å². The zero-order valence-electron chi connectivity index (χ0n) is 11.0. The van der Waals surface area contributed by atoms with E-state index in [0.717, 1.165) is 10.2 Å². The Labute approximate surface area is 125 Å². The first-order valence-corrected chi connectivity index (χ1v) is 7.41. The molecule has 6 heteroatoms. The number of hydrogen-bond donors (Lipinski definition) is 1. The Balaban J connectivity index is 1.85. The fourth-order valence-corrected chi connectivity index (χ4v) is 2.75. The standard InChI is InChI=1S/C14H17BrF2N2O/c15-11-3-1-2-4-12(11)18-14(20)10-5-7-19(8-6-10)9-13(16)17/h1-4,10,13H,5-9H2,(H,18,20). The summed E-state index contributed by atoms with van der Waals surface area (Å²) in [6, 6.07) is 7.42. The van der Waals surface area contributed by atoms with Crippen LogP contribution in [0.5, 0.6) is 0 Å². The van der Waals surface area contributed by atoms with Crippen molar-refractivity contribution in [3.8, 4) is 0 Å². The quantitative estimate of drug-likeness (QED) is 0.906. The number of likely N-dealkylation sites (tertiary alicyclic amines) is 1. The number of hydrogen-bond acceptors (Lipinski definition) is 2. The molecule has 3 nitrogen and oxygen atoms in total. The molecule has 0 saturated carbocycles. The van der Waals surface area contributed by atoms with Crippen LogP contribution < -0.4 is 5.32 Å². The fraction of sp³-hybridized carbons (Fsp3) is 0.500. The Morgan fingerprint density at radius 1 is 1.35 bits per heavy atom. The zero-order chi connectivity index (χ0) is 14.5. The smallest absolute Gasteiger partial charge is 0.251 e. The average Bonchev–Trinajstić information content (AvgIpc) is 2.41. The predicted molar refractivity (Wildman–Crippen MR) is 77.9 cm³/mol. The van der Waals surface area contributed by atoms with Crippen LogP contribution in [0.4, 0.5) is 14.5 Å². The summed E-state index contributed by atoms with van der Waals surface area (Å²) in [7, 11) is 0. The molecule has 1 fully saturated rings. The Kier molecular flexibility index (Phi) is 5.48. The lowest BCUT2D eigenvalue weighted by Gasteiger charge is -2.30. The molecule has 1 aliphatic rings. The van der Waals surface area contributed by atoms with Crippen LogP contribution in [-0.2, 0) is 4.79 Å². The Hall–Kier alpha value is -1.01. The maximum atomic E-state index is 12.3. The molecule has 1 heterocycles. The van der Waals surface area contributed by atoms with Crippen LogP contribution in [0, 0.1) is 5.92 Å². The molecule has 110 valence electrons. The van der Waals surface area contributed by atoms with E-state index in [0.29, 0.717) is 25.9 Å². The van der Waals surface area contributed by atoms with Crippen LogP contribution in [0.15, 0.2) is 28.7 Å². The maximum absolute atomic E-state index is 12.3. The number of nitrogens with zero attached hydrogens (tertiary/aromatic N) is 1. The number of anilines is 1. The number of piperidine rings is 1. The van der Waals surface area contributed by atoms with Gasteiger partial charge in [-0.1, -0.05) is 12.1 Å². The first-order chi connectivity index (χ1) is 9.56. The molecule has 0 bridgehead atoms. The van der Waals surface area contributed by atoms with Crippen molar-refractivity contribution >= 4 is 27.5 Å². The Morgan fingerprint density at radius 2 is 2.00 bits per heavy atom. The van der Waals surface area contributed by atoms with Gasteiger partial charge in [-0.15, -0.1) is 0 Å². The molecule has 0 aromatic heterocycles. The molecule has 0 spiro atoms. The molecule has 0 atom stereocenters. The van der Waals surface area contributed by atoms with E-state index in [4.69, 9.17) is 0 Å². The SMILES string of the molecule is O=C(Nc1ccccc1Br)C1CCN(CC(F)F)CC1. The lowest BCUT2D eigenvalue weighted by molar-refractivity contribution is -0.121. The van der Waals surface area contributed by atoms with E-state index in [2.05, 4.69) is 21.2 Å². The van der Waals surface area contributed by atoms with Crippen molar-refractivity contribution in [2.75, 3.05) is 25.0 Å². The lowest BCUT2D eigenvalue weighted by Crippen LogP contribution is -2.40. The van der Waals surface area contributed by atoms with Gasteiger partial charge in [0.2, 0.25) is 5.91 Å². The van der Waals surface area contributed by atoms with Crippen molar-refractivity contribution in [1.29, 1.82) is 0 Å². The van der Waals surface area contributed by atoms with E-state index in [1.54, 1.807) is 4.90 Å². The summed E-state index contributed by atoms with van der Waals surface area (Å²) in [6.45, 7) is 0.912. The van der Waals surface area contributed by atoms with E-state index in [9.17, 15) is 13.6 Å². The Bertz CT molecular complexity index is 462. The number of para-hydroxylation sites is 1. The monoisotopic (exact) mass is 346 g/mol. The minimum Gasteiger partial charge on any atom is -0.325 e. The van der Waals surface area contributed by atoms with Crippen molar-refractivity contribution in [3.05, 3.63) is 28.7 Å². The highest BCUT2D eigenvalue weighted by molar-refractivity contribution is 9.10.